The van der Waals surface area contributed by atoms with E-state index in [1.807, 2.05) is 18.2 Å². The largest absolute Gasteiger partial charge is 0.331 e. The van der Waals surface area contributed by atoms with Crippen molar-refractivity contribution in [3.05, 3.63) is 35.4 Å². The number of fused-ring (bicyclic) bond motifs is 1. The molecule has 0 saturated heterocycles. The Morgan fingerprint density at radius 1 is 1.38 bits per heavy atom. The van der Waals surface area contributed by atoms with E-state index in [0.29, 0.717) is 6.42 Å². The van der Waals surface area contributed by atoms with Gasteiger partial charge in [-0.05, 0) is 5.56 Å². The van der Waals surface area contributed by atoms with E-state index in [-0.39, 0.29) is 17.9 Å². The molecule has 1 aromatic carbocycles. The lowest BCUT2D eigenvalue weighted by atomic mass is 10.1. The summed E-state index contributed by atoms with van der Waals surface area (Å²) in [6, 6.07) is 7.06. The first-order valence-corrected chi connectivity index (χ1v) is 5.19. The predicted molar refractivity (Wildman–Crippen MR) is 60.3 cm³/mol. The molecule has 0 radical (unpaired) electrons. The Kier molecular flexibility index (Phi) is 2.64. The van der Waals surface area contributed by atoms with Crippen LogP contribution >= 0.6 is 0 Å². The minimum Gasteiger partial charge on any atom is -0.331 e. The molecule has 0 aromatic heterocycles. The zero-order chi connectivity index (χ0) is 11.7. The number of hydrogen-bond donors (Lipinski definition) is 1. The van der Waals surface area contributed by atoms with Crippen LogP contribution in [-0.2, 0) is 0 Å². The molecular weight excluding hydrogens is 204 g/mol. The van der Waals surface area contributed by atoms with Crippen LogP contribution in [0.5, 0.6) is 0 Å². The molecule has 84 valence electrons. The molecule has 1 N–H and O–H groups in total. The van der Waals surface area contributed by atoms with Crippen LogP contribution in [0.1, 0.15) is 28.4 Å². The summed E-state index contributed by atoms with van der Waals surface area (Å²) < 4.78 is 0. The summed E-state index contributed by atoms with van der Waals surface area (Å²) >= 11 is 0. The fourth-order valence-corrected chi connectivity index (χ4v) is 1.87. The van der Waals surface area contributed by atoms with Gasteiger partial charge in [-0.25, -0.2) is 4.79 Å². The van der Waals surface area contributed by atoms with Crippen LogP contribution in [0.15, 0.2) is 24.3 Å². The van der Waals surface area contributed by atoms with Crippen molar-refractivity contribution < 1.29 is 9.59 Å². The second kappa shape index (κ2) is 3.96. The molecule has 4 heteroatoms. The van der Waals surface area contributed by atoms with Crippen molar-refractivity contribution in [2.24, 2.45) is 0 Å². The molecular formula is C12H14N2O2. The van der Waals surface area contributed by atoms with Crippen molar-refractivity contribution in [3.63, 3.8) is 0 Å². The van der Waals surface area contributed by atoms with Crippen LogP contribution in [0, 0.1) is 0 Å². The molecule has 0 heterocycles. The molecule has 1 aliphatic rings. The summed E-state index contributed by atoms with van der Waals surface area (Å²) in [6.45, 7) is 0. The van der Waals surface area contributed by atoms with E-state index >= 15 is 0 Å². The summed E-state index contributed by atoms with van der Waals surface area (Å²) in [5, 5.41) is 2.83. The van der Waals surface area contributed by atoms with Crippen LogP contribution in [0.2, 0.25) is 0 Å². The second-order valence-corrected chi connectivity index (χ2v) is 4.11. The normalized spacial score (nSPS) is 18.1. The van der Waals surface area contributed by atoms with E-state index in [4.69, 9.17) is 0 Å². The van der Waals surface area contributed by atoms with Gasteiger partial charge in [0.1, 0.15) is 0 Å². The first kappa shape index (κ1) is 10.7. The molecule has 0 spiro atoms. The lowest BCUT2D eigenvalue weighted by molar-refractivity contribution is 0.0986. The van der Waals surface area contributed by atoms with Crippen LogP contribution in [-0.4, -0.2) is 30.8 Å². The summed E-state index contributed by atoms with van der Waals surface area (Å²) in [6.07, 6.45) is 0.360. The van der Waals surface area contributed by atoms with Crippen molar-refractivity contribution in [3.8, 4) is 0 Å². The van der Waals surface area contributed by atoms with Crippen molar-refractivity contribution in [1.82, 2.24) is 10.2 Å². The molecule has 1 unspecified atom stereocenters. The number of hydrogen-bond acceptors (Lipinski definition) is 2. The molecule has 0 bridgehead atoms. The van der Waals surface area contributed by atoms with Gasteiger partial charge in [0.2, 0.25) is 0 Å². The fraction of sp³-hybridized carbons (Fsp3) is 0.333. The number of amides is 2. The maximum atomic E-state index is 11.7. The average Bonchev–Trinajstić information content (AvgIpc) is 2.57. The highest BCUT2D eigenvalue weighted by atomic mass is 16.2. The molecule has 0 saturated carbocycles. The fourth-order valence-electron chi connectivity index (χ4n) is 1.87. The number of Topliss-reactive ketones (excluding diaryl/α,β-unsaturated/α-hetero) is 1. The van der Waals surface area contributed by atoms with Crippen molar-refractivity contribution in [2.75, 3.05) is 14.1 Å². The van der Waals surface area contributed by atoms with Gasteiger partial charge in [-0.15, -0.1) is 0 Å². The third-order valence-corrected chi connectivity index (χ3v) is 2.73. The van der Waals surface area contributed by atoms with Gasteiger partial charge in [0.05, 0.1) is 6.04 Å². The molecule has 2 amide bonds. The number of nitrogens with one attached hydrogen (secondary N) is 1. The van der Waals surface area contributed by atoms with Crippen LogP contribution in [0.25, 0.3) is 0 Å². The highest BCUT2D eigenvalue weighted by molar-refractivity contribution is 6.01. The van der Waals surface area contributed by atoms with E-state index in [1.165, 1.54) is 4.90 Å². The summed E-state index contributed by atoms with van der Waals surface area (Å²) in [7, 11) is 3.36. The third-order valence-electron chi connectivity index (χ3n) is 2.73. The Balaban J connectivity index is 2.21. The number of benzene rings is 1. The van der Waals surface area contributed by atoms with Gasteiger partial charge in [0, 0.05) is 26.1 Å². The van der Waals surface area contributed by atoms with Crippen LogP contribution in [0.4, 0.5) is 4.79 Å². The van der Waals surface area contributed by atoms with Gasteiger partial charge in [-0.2, -0.15) is 0 Å². The summed E-state index contributed by atoms with van der Waals surface area (Å²) in [4.78, 5) is 24.6. The Bertz CT molecular complexity index is 440. The average molecular weight is 218 g/mol. The smallest absolute Gasteiger partial charge is 0.317 e. The van der Waals surface area contributed by atoms with E-state index in [9.17, 15) is 9.59 Å². The first-order valence-electron chi connectivity index (χ1n) is 5.19. The van der Waals surface area contributed by atoms with Gasteiger partial charge < -0.3 is 10.2 Å². The molecule has 1 aliphatic carbocycles. The minimum atomic E-state index is -0.182. The summed E-state index contributed by atoms with van der Waals surface area (Å²) in [5.41, 5.74) is 1.65. The highest BCUT2D eigenvalue weighted by Crippen LogP contribution is 2.30. The van der Waals surface area contributed by atoms with E-state index in [2.05, 4.69) is 5.32 Å². The number of urea groups is 1. The third kappa shape index (κ3) is 1.78. The maximum Gasteiger partial charge on any atom is 0.317 e. The number of nitrogens with zero attached hydrogens (tertiary/aromatic N) is 1. The SMILES string of the molecule is CN(C)C(=O)NC1CC(=O)c2ccccc21. The number of carbonyl (C=O) groups excluding carboxylic acids is 2. The number of rotatable bonds is 1. The lowest BCUT2D eigenvalue weighted by Crippen LogP contribution is -2.36. The Morgan fingerprint density at radius 2 is 2.06 bits per heavy atom. The molecule has 0 aliphatic heterocycles. The summed E-state index contributed by atoms with van der Waals surface area (Å²) in [5.74, 6) is 0.0969. The topological polar surface area (TPSA) is 49.4 Å². The highest BCUT2D eigenvalue weighted by Gasteiger charge is 2.29. The van der Waals surface area contributed by atoms with Gasteiger partial charge >= 0.3 is 6.03 Å². The Labute approximate surface area is 94.2 Å². The molecule has 16 heavy (non-hydrogen) atoms. The molecule has 2 rings (SSSR count). The predicted octanol–water partition coefficient (Wildman–Crippen LogP) is 1.59. The van der Waals surface area contributed by atoms with Crippen molar-refractivity contribution in [1.29, 1.82) is 0 Å². The zero-order valence-corrected chi connectivity index (χ0v) is 9.36. The van der Waals surface area contributed by atoms with Crippen LogP contribution < -0.4 is 5.32 Å². The monoisotopic (exact) mass is 218 g/mol. The maximum absolute atomic E-state index is 11.7. The van der Waals surface area contributed by atoms with Crippen molar-refractivity contribution in [2.45, 2.75) is 12.5 Å². The van der Waals surface area contributed by atoms with Crippen molar-refractivity contribution >= 4 is 11.8 Å². The quantitative estimate of drug-likeness (QED) is 0.778. The van der Waals surface area contributed by atoms with E-state index < -0.39 is 0 Å². The van der Waals surface area contributed by atoms with Gasteiger partial charge in [0.25, 0.3) is 0 Å². The number of carbonyl (C=O) groups is 2. The molecule has 4 nitrogen and oxygen atoms in total. The van der Waals surface area contributed by atoms with Gasteiger partial charge in [-0.1, -0.05) is 24.3 Å². The minimum absolute atomic E-state index is 0.0969. The molecule has 1 aromatic rings. The zero-order valence-electron chi connectivity index (χ0n) is 9.36. The molecule has 1 atom stereocenters. The molecule has 0 fully saturated rings. The first-order chi connectivity index (χ1) is 7.59. The lowest BCUT2D eigenvalue weighted by Gasteiger charge is -2.17. The Hall–Kier alpha value is -1.84. The van der Waals surface area contributed by atoms with Gasteiger partial charge in [-0.3, -0.25) is 4.79 Å². The van der Waals surface area contributed by atoms with E-state index in [1.54, 1.807) is 20.2 Å². The standard InChI is InChI=1S/C12H14N2O2/c1-14(2)12(16)13-10-7-11(15)9-6-4-3-5-8(9)10/h3-6,10H,7H2,1-2H3,(H,13,16). The second-order valence-electron chi connectivity index (χ2n) is 4.11. The Morgan fingerprint density at radius 3 is 2.75 bits per heavy atom. The van der Waals surface area contributed by atoms with Crippen LogP contribution in [0.3, 0.4) is 0 Å². The van der Waals surface area contributed by atoms with E-state index in [0.717, 1.165) is 11.1 Å². The van der Waals surface area contributed by atoms with Gasteiger partial charge in [0.15, 0.2) is 5.78 Å². The number of ketones is 1.